The van der Waals surface area contributed by atoms with Crippen LogP contribution in [0.4, 0.5) is 22.7 Å². The zero-order valence-corrected chi connectivity index (χ0v) is 14.9. The molecule has 7 nitrogen and oxygen atoms in total. The molecule has 0 bridgehead atoms. The number of carbonyl (C=O) groups excluding carboxylic acids is 1. The molecule has 0 unspecified atom stereocenters. The lowest BCUT2D eigenvalue weighted by molar-refractivity contribution is -0.384. The maximum atomic E-state index is 11.4. The molecule has 26 heavy (non-hydrogen) atoms. The van der Waals surface area contributed by atoms with Crippen LogP contribution in [0.3, 0.4) is 0 Å². The summed E-state index contributed by atoms with van der Waals surface area (Å²) < 4.78 is 0. The Hall–Kier alpha value is -3.09. The van der Waals surface area contributed by atoms with E-state index in [0.29, 0.717) is 0 Å². The number of nitrogens with zero attached hydrogens (tertiary/aromatic N) is 3. The van der Waals surface area contributed by atoms with Crippen LogP contribution in [0.5, 0.6) is 0 Å². The minimum Gasteiger partial charge on any atom is -0.368 e. The molecular formula is C19H22N4O3. The lowest BCUT2D eigenvalue weighted by atomic mass is 10.1. The van der Waals surface area contributed by atoms with Gasteiger partial charge in [-0.05, 0) is 30.7 Å². The van der Waals surface area contributed by atoms with Crippen LogP contribution in [0.2, 0.25) is 0 Å². The molecule has 2 aromatic rings. The van der Waals surface area contributed by atoms with Crippen molar-refractivity contribution in [1.29, 1.82) is 0 Å². The highest BCUT2D eigenvalue weighted by Crippen LogP contribution is 2.33. The monoisotopic (exact) mass is 354 g/mol. The predicted octanol–water partition coefficient (Wildman–Crippen LogP) is 3.19. The van der Waals surface area contributed by atoms with Gasteiger partial charge < -0.3 is 15.1 Å². The van der Waals surface area contributed by atoms with Crippen molar-refractivity contribution in [3.8, 4) is 0 Å². The van der Waals surface area contributed by atoms with Crippen LogP contribution >= 0.6 is 0 Å². The smallest absolute Gasteiger partial charge is 0.293 e. The third-order valence-corrected chi connectivity index (χ3v) is 4.56. The molecule has 1 amide bonds. The van der Waals surface area contributed by atoms with Crippen LogP contribution in [-0.2, 0) is 4.79 Å². The second-order valence-electron chi connectivity index (χ2n) is 6.40. The average Bonchev–Trinajstić information content (AvgIpc) is 2.63. The fourth-order valence-corrected chi connectivity index (χ4v) is 3.31. The van der Waals surface area contributed by atoms with Gasteiger partial charge in [-0.25, -0.2) is 0 Å². The maximum absolute atomic E-state index is 11.4. The number of benzene rings is 2. The Balaban J connectivity index is 1.81. The van der Waals surface area contributed by atoms with Crippen molar-refractivity contribution in [3.63, 3.8) is 0 Å². The van der Waals surface area contributed by atoms with Gasteiger partial charge in [0, 0.05) is 50.5 Å². The number of carbonyl (C=O) groups is 1. The minimum absolute atomic E-state index is 0.0793. The summed E-state index contributed by atoms with van der Waals surface area (Å²) in [6.45, 7) is 6.58. The molecule has 0 atom stereocenters. The van der Waals surface area contributed by atoms with E-state index in [9.17, 15) is 14.9 Å². The summed E-state index contributed by atoms with van der Waals surface area (Å²) in [5.74, 6) is -0.322. The molecule has 7 heteroatoms. The Morgan fingerprint density at radius 1 is 1.08 bits per heavy atom. The fourth-order valence-electron chi connectivity index (χ4n) is 3.31. The van der Waals surface area contributed by atoms with Crippen LogP contribution < -0.4 is 15.1 Å². The number of hydrogen-bond donors (Lipinski definition) is 1. The van der Waals surface area contributed by atoms with Crippen LogP contribution in [0.1, 0.15) is 12.5 Å². The van der Waals surface area contributed by atoms with Gasteiger partial charge in [0.2, 0.25) is 5.91 Å². The standard InChI is InChI=1S/C19H22N4O3/c1-14-12-19(23(25)26)17(20-15(2)24)13-18(14)22-10-8-21(9-11-22)16-6-4-3-5-7-16/h3-7,12-13H,8-11H2,1-2H3,(H,20,24). The highest BCUT2D eigenvalue weighted by Gasteiger charge is 2.23. The summed E-state index contributed by atoms with van der Waals surface area (Å²) in [6.07, 6.45) is 0. The number of para-hydroxylation sites is 1. The number of nitro benzene ring substituents is 1. The first-order valence-electron chi connectivity index (χ1n) is 8.57. The van der Waals surface area contributed by atoms with E-state index in [0.717, 1.165) is 37.4 Å². The van der Waals surface area contributed by atoms with Crippen molar-refractivity contribution in [2.45, 2.75) is 13.8 Å². The van der Waals surface area contributed by atoms with Gasteiger partial charge >= 0.3 is 0 Å². The Labute approximate surface area is 152 Å². The summed E-state index contributed by atoms with van der Waals surface area (Å²) in [7, 11) is 0. The number of rotatable bonds is 4. The first kappa shape index (κ1) is 17.7. The zero-order valence-electron chi connectivity index (χ0n) is 14.9. The third-order valence-electron chi connectivity index (χ3n) is 4.56. The number of piperazine rings is 1. The van der Waals surface area contributed by atoms with Gasteiger partial charge in [-0.3, -0.25) is 14.9 Å². The molecule has 0 saturated carbocycles. The van der Waals surface area contributed by atoms with E-state index in [-0.39, 0.29) is 17.3 Å². The number of anilines is 3. The van der Waals surface area contributed by atoms with Crippen LogP contribution in [0, 0.1) is 17.0 Å². The number of nitrogens with one attached hydrogen (secondary N) is 1. The molecule has 1 heterocycles. The van der Waals surface area contributed by atoms with E-state index in [1.165, 1.54) is 18.7 Å². The summed E-state index contributed by atoms with van der Waals surface area (Å²) in [4.78, 5) is 26.8. The van der Waals surface area contributed by atoms with Crippen LogP contribution in [-0.4, -0.2) is 37.0 Å². The molecule has 1 aliphatic heterocycles. The van der Waals surface area contributed by atoms with Crippen molar-refractivity contribution in [2.24, 2.45) is 0 Å². The third kappa shape index (κ3) is 3.77. The highest BCUT2D eigenvalue weighted by atomic mass is 16.6. The summed E-state index contributed by atoms with van der Waals surface area (Å²) >= 11 is 0. The van der Waals surface area contributed by atoms with E-state index in [4.69, 9.17) is 0 Å². The van der Waals surface area contributed by atoms with Gasteiger partial charge in [-0.15, -0.1) is 0 Å². The van der Waals surface area contributed by atoms with E-state index in [1.54, 1.807) is 6.07 Å². The molecule has 1 fully saturated rings. The van der Waals surface area contributed by atoms with Gasteiger partial charge in [0.05, 0.1) is 4.92 Å². The molecule has 136 valence electrons. The van der Waals surface area contributed by atoms with Gasteiger partial charge in [-0.1, -0.05) is 18.2 Å². The number of aryl methyl sites for hydroxylation is 1. The molecule has 3 rings (SSSR count). The second kappa shape index (κ2) is 7.43. The summed E-state index contributed by atoms with van der Waals surface area (Å²) in [6, 6.07) is 13.5. The predicted molar refractivity (Wildman–Crippen MR) is 103 cm³/mol. The molecule has 2 aromatic carbocycles. The van der Waals surface area contributed by atoms with E-state index in [1.807, 2.05) is 25.1 Å². The number of nitro groups is 1. The van der Waals surface area contributed by atoms with Crippen molar-refractivity contribution < 1.29 is 9.72 Å². The molecule has 0 radical (unpaired) electrons. The second-order valence-corrected chi connectivity index (χ2v) is 6.40. The van der Waals surface area contributed by atoms with Crippen LogP contribution in [0.15, 0.2) is 42.5 Å². The SMILES string of the molecule is CC(=O)Nc1cc(N2CCN(c3ccccc3)CC2)c(C)cc1[N+](=O)[O-]. The topological polar surface area (TPSA) is 78.7 Å². The van der Waals surface area contributed by atoms with Crippen molar-refractivity contribution in [1.82, 2.24) is 0 Å². The van der Waals surface area contributed by atoms with E-state index in [2.05, 4.69) is 27.2 Å². The average molecular weight is 354 g/mol. The molecule has 1 aliphatic rings. The molecule has 0 spiro atoms. The van der Waals surface area contributed by atoms with Gasteiger partial charge in [0.1, 0.15) is 5.69 Å². The van der Waals surface area contributed by atoms with Gasteiger partial charge in [0.15, 0.2) is 0 Å². The Kier molecular flexibility index (Phi) is 5.06. The van der Waals surface area contributed by atoms with Gasteiger partial charge in [-0.2, -0.15) is 0 Å². The normalized spacial score (nSPS) is 14.2. The molecule has 0 aliphatic carbocycles. The molecule has 1 saturated heterocycles. The zero-order chi connectivity index (χ0) is 18.7. The van der Waals surface area contributed by atoms with Crippen molar-refractivity contribution in [2.75, 3.05) is 41.3 Å². The minimum atomic E-state index is -0.463. The largest absolute Gasteiger partial charge is 0.368 e. The van der Waals surface area contributed by atoms with E-state index >= 15 is 0 Å². The quantitative estimate of drug-likeness (QED) is 0.674. The lowest BCUT2D eigenvalue weighted by Crippen LogP contribution is -2.46. The fraction of sp³-hybridized carbons (Fsp3) is 0.316. The van der Waals surface area contributed by atoms with E-state index < -0.39 is 4.92 Å². The first-order valence-corrected chi connectivity index (χ1v) is 8.57. The Morgan fingerprint density at radius 3 is 2.27 bits per heavy atom. The molecule has 1 N–H and O–H groups in total. The summed E-state index contributed by atoms with van der Waals surface area (Å²) in [5.41, 5.74) is 3.12. The Bertz CT molecular complexity index is 815. The van der Waals surface area contributed by atoms with Gasteiger partial charge in [0.25, 0.3) is 5.69 Å². The highest BCUT2D eigenvalue weighted by molar-refractivity contribution is 5.92. The van der Waals surface area contributed by atoms with Crippen molar-refractivity contribution in [3.05, 3.63) is 58.1 Å². The maximum Gasteiger partial charge on any atom is 0.293 e. The molecular weight excluding hydrogens is 332 g/mol. The van der Waals surface area contributed by atoms with Crippen molar-refractivity contribution >= 4 is 28.7 Å². The Morgan fingerprint density at radius 2 is 1.69 bits per heavy atom. The number of amides is 1. The first-order chi connectivity index (χ1) is 12.5. The summed E-state index contributed by atoms with van der Waals surface area (Å²) in [5, 5.41) is 13.9. The molecule has 0 aromatic heterocycles. The number of hydrogen-bond acceptors (Lipinski definition) is 5. The van der Waals surface area contributed by atoms with Crippen LogP contribution in [0.25, 0.3) is 0 Å². The lowest BCUT2D eigenvalue weighted by Gasteiger charge is -2.38.